The molecular weight excluding hydrogens is 254 g/mol. The van der Waals surface area contributed by atoms with E-state index in [-0.39, 0.29) is 18.1 Å². The van der Waals surface area contributed by atoms with E-state index in [0.29, 0.717) is 5.76 Å². The summed E-state index contributed by atoms with van der Waals surface area (Å²) in [7, 11) is 0. The molecule has 0 aliphatic heterocycles. The Bertz CT molecular complexity index is 547. The van der Waals surface area contributed by atoms with Crippen molar-refractivity contribution in [2.75, 3.05) is 5.32 Å². The molecule has 0 radical (unpaired) electrons. The molecule has 0 aliphatic rings. The standard InChI is InChI=1S/C15H19N3O2/c1-10(16)12-5-7-13(8-6-12)18-15(19)17-11(2)14-4-3-9-20-14/h3-11H,16H2,1-2H3,(H2,17,18,19). The molecular formula is C15H19N3O2. The van der Waals surface area contributed by atoms with Crippen LogP contribution in [-0.4, -0.2) is 6.03 Å². The van der Waals surface area contributed by atoms with Crippen molar-refractivity contribution < 1.29 is 9.21 Å². The van der Waals surface area contributed by atoms with Crippen LogP contribution in [0.1, 0.15) is 37.3 Å². The molecule has 2 unspecified atom stereocenters. The fourth-order valence-electron chi connectivity index (χ4n) is 1.84. The van der Waals surface area contributed by atoms with Gasteiger partial charge in [-0.15, -0.1) is 0 Å². The van der Waals surface area contributed by atoms with Gasteiger partial charge in [0.25, 0.3) is 0 Å². The lowest BCUT2D eigenvalue weighted by Crippen LogP contribution is -2.30. The lowest BCUT2D eigenvalue weighted by Gasteiger charge is -2.13. The van der Waals surface area contributed by atoms with E-state index < -0.39 is 0 Å². The first-order valence-corrected chi connectivity index (χ1v) is 6.52. The van der Waals surface area contributed by atoms with Gasteiger partial charge in [0.2, 0.25) is 0 Å². The Kier molecular flexibility index (Phi) is 4.42. The molecule has 1 aromatic heterocycles. The van der Waals surface area contributed by atoms with Crippen molar-refractivity contribution in [2.24, 2.45) is 5.73 Å². The molecule has 1 heterocycles. The van der Waals surface area contributed by atoms with Crippen LogP contribution in [0.3, 0.4) is 0 Å². The molecule has 4 N–H and O–H groups in total. The maximum absolute atomic E-state index is 11.8. The summed E-state index contributed by atoms with van der Waals surface area (Å²) in [6.07, 6.45) is 1.58. The van der Waals surface area contributed by atoms with Crippen LogP contribution in [0.2, 0.25) is 0 Å². The predicted molar refractivity (Wildman–Crippen MR) is 78.3 cm³/mol. The van der Waals surface area contributed by atoms with Gasteiger partial charge in [0.05, 0.1) is 12.3 Å². The van der Waals surface area contributed by atoms with E-state index in [2.05, 4.69) is 10.6 Å². The van der Waals surface area contributed by atoms with Crippen LogP contribution in [0.25, 0.3) is 0 Å². The fourth-order valence-corrected chi connectivity index (χ4v) is 1.84. The number of rotatable bonds is 4. The number of carbonyl (C=O) groups is 1. The zero-order valence-electron chi connectivity index (χ0n) is 11.6. The quantitative estimate of drug-likeness (QED) is 0.800. The molecule has 5 heteroatoms. The van der Waals surface area contributed by atoms with Gasteiger partial charge >= 0.3 is 6.03 Å². The second kappa shape index (κ2) is 6.25. The number of benzene rings is 1. The number of hydrogen-bond acceptors (Lipinski definition) is 3. The normalized spacial score (nSPS) is 13.6. The number of nitrogens with one attached hydrogen (secondary N) is 2. The number of urea groups is 1. The van der Waals surface area contributed by atoms with Crippen molar-refractivity contribution in [3.05, 3.63) is 54.0 Å². The number of hydrogen-bond donors (Lipinski definition) is 3. The van der Waals surface area contributed by atoms with Crippen molar-refractivity contribution >= 4 is 11.7 Å². The van der Waals surface area contributed by atoms with E-state index in [4.69, 9.17) is 10.2 Å². The van der Waals surface area contributed by atoms with E-state index in [9.17, 15) is 4.79 Å². The molecule has 106 valence electrons. The molecule has 0 fully saturated rings. The van der Waals surface area contributed by atoms with Crippen molar-refractivity contribution in [1.82, 2.24) is 5.32 Å². The molecule has 2 aromatic rings. The largest absolute Gasteiger partial charge is 0.467 e. The van der Waals surface area contributed by atoms with Crippen molar-refractivity contribution in [1.29, 1.82) is 0 Å². The lowest BCUT2D eigenvalue weighted by molar-refractivity contribution is 0.247. The minimum absolute atomic E-state index is 0.0168. The summed E-state index contributed by atoms with van der Waals surface area (Å²) in [6.45, 7) is 3.78. The van der Waals surface area contributed by atoms with Crippen LogP contribution in [0.4, 0.5) is 10.5 Å². The summed E-state index contributed by atoms with van der Waals surface area (Å²) < 4.78 is 5.23. The van der Waals surface area contributed by atoms with Crippen molar-refractivity contribution in [3.63, 3.8) is 0 Å². The first-order chi connectivity index (χ1) is 9.56. The highest BCUT2D eigenvalue weighted by Crippen LogP contribution is 2.15. The van der Waals surface area contributed by atoms with Gasteiger partial charge in [0, 0.05) is 11.7 Å². The zero-order valence-corrected chi connectivity index (χ0v) is 11.6. The average molecular weight is 273 g/mol. The molecule has 2 amide bonds. The summed E-state index contributed by atoms with van der Waals surface area (Å²) >= 11 is 0. The third-order valence-corrected chi connectivity index (χ3v) is 3.01. The Morgan fingerprint density at radius 1 is 1.20 bits per heavy atom. The third-order valence-electron chi connectivity index (χ3n) is 3.01. The Morgan fingerprint density at radius 2 is 1.90 bits per heavy atom. The molecule has 0 saturated heterocycles. The molecule has 2 atom stereocenters. The fraction of sp³-hybridized carbons (Fsp3) is 0.267. The van der Waals surface area contributed by atoms with Crippen molar-refractivity contribution in [2.45, 2.75) is 25.9 Å². The van der Waals surface area contributed by atoms with E-state index >= 15 is 0 Å². The van der Waals surface area contributed by atoms with E-state index in [1.165, 1.54) is 0 Å². The molecule has 0 bridgehead atoms. The second-order valence-corrected chi connectivity index (χ2v) is 4.75. The van der Waals surface area contributed by atoms with Crippen molar-refractivity contribution in [3.8, 4) is 0 Å². The molecule has 1 aromatic carbocycles. The summed E-state index contributed by atoms with van der Waals surface area (Å²) in [5.41, 5.74) is 7.52. The van der Waals surface area contributed by atoms with E-state index in [1.807, 2.05) is 44.2 Å². The Morgan fingerprint density at radius 3 is 2.45 bits per heavy atom. The van der Waals surface area contributed by atoms with Crippen LogP contribution in [0.15, 0.2) is 47.1 Å². The van der Waals surface area contributed by atoms with Gasteiger partial charge in [0.1, 0.15) is 5.76 Å². The van der Waals surface area contributed by atoms with Gasteiger partial charge in [-0.05, 0) is 43.7 Å². The highest BCUT2D eigenvalue weighted by atomic mass is 16.3. The first kappa shape index (κ1) is 14.1. The maximum Gasteiger partial charge on any atom is 0.319 e. The smallest absolute Gasteiger partial charge is 0.319 e. The number of carbonyl (C=O) groups excluding carboxylic acids is 1. The van der Waals surface area contributed by atoms with Gasteiger partial charge in [-0.2, -0.15) is 0 Å². The number of furan rings is 1. The van der Waals surface area contributed by atoms with Gasteiger partial charge in [-0.3, -0.25) is 0 Å². The van der Waals surface area contributed by atoms with Crippen LogP contribution in [0, 0.1) is 0 Å². The minimum Gasteiger partial charge on any atom is -0.467 e. The molecule has 5 nitrogen and oxygen atoms in total. The second-order valence-electron chi connectivity index (χ2n) is 4.75. The summed E-state index contributed by atoms with van der Waals surface area (Å²) in [4.78, 5) is 11.8. The number of anilines is 1. The van der Waals surface area contributed by atoms with Crippen LogP contribution < -0.4 is 16.4 Å². The highest BCUT2D eigenvalue weighted by Gasteiger charge is 2.11. The molecule has 2 rings (SSSR count). The molecule has 0 saturated carbocycles. The van der Waals surface area contributed by atoms with Crippen LogP contribution in [0.5, 0.6) is 0 Å². The van der Waals surface area contributed by atoms with E-state index in [0.717, 1.165) is 11.3 Å². The van der Waals surface area contributed by atoms with Gasteiger partial charge in [-0.25, -0.2) is 4.79 Å². The molecule has 0 aliphatic carbocycles. The van der Waals surface area contributed by atoms with Crippen LogP contribution in [-0.2, 0) is 0 Å². The minimum atomic E-state index is -0.276. The number of amides is 2. The zero-order chi connectivity index (χ0) is 14.5. The SMILES string of the molecule is CC(N)c1ccc(NC(=O)NC(C)c2ccco2)cc1. The maximum atomic E-state index is 11.8. The lowest BCUT2D eigenvalue weighted by atomic mass is 10.1. The summed E-state index contributed by atoms with van der Waals surface area (Å²) in [5, 5.41) is 5.57. The summed E-state index contributed by atoms with van der Waals surface area (Å²) in [5.74, 6) is 0.715. The molecule has 20 heavy (non-hydrogen) atoms. The highest BCUT2D eigenvalue weighted by molar-refractivity contribution is 5.89. The topological polar surface area (TPSA) is 80.3 Å². The average Bonchev–Trinajstić information content (AvgIpc) is 2.93. The van der Waals surface area contributed by atoms with Gasteiger partial charge in [0.15, 0.2) is 0 Å². The Balaban J connectivity index is 1.91. The molecule has 0 spiro atoms. The monoisotopic (exact) mass is 273 g/mol. The first-order valence-electron chi connectivity index (χ1n) is 6.52. The third kappa shape index (κ3) is 3.61. The van der Waals surface area contributed by atoms with Gasteiger partial charge < -0.3 is 20.8 Å². The number of nitrogens with two attached hydrogens (primary N) is 1. The van der Waals surface area contributed by atoms with Gasteiger partial charge in [-0.1, -0.05) is 12.1 Å². The Hall–Kier alpha value is -2.27. The Labute approximate surface area is 118 Å². The van der Waals surface area contributed by atoms with Crippen LogP contribution >= 0.6 is 0 Å². The summed E-state index contributed by atoms with van der Waals surface area (Å²) in [6, 6.07) is 10.6. The van der Waals surface area contributed by atoms with E-state index in [1.54, 1.807) is 12.3 Å². The predicted octanol–water partition coefficient (Wildman–Crippen LogP) is 3.18.